The van der Waals surface area contributed by atoms with Gasteiger partial charge in [-0.15, -0.1) is 0 Å². The van der Waals surface area contributed by atoms with E-state index in [9.17, 15) is 4.79 Å². The molecule has 0 bridgehead atoms. The van der Waals surface area contributed by atoms with E-state index in [0.29, 0.717) is 19.6 Å². The molecule has 5 heteroatoms. The Labute approximate surface area is 111 Å². The molecule has 0 radical (unpaired) electrons. The summed E-state index contributed by atoms with van der Waals surface area (Å²) in [6.45, 7) is 2.96. The number of para-hydroxylation sites is 1. The Morgan fingerprint density at radius 2 is 2.11 bits per heavy atom. The summed E-state index contributed by atoms with van der Waals surface area (Å²) in [5, 5.41) is 9.02. The van der Waals surface area contributed by atoms with Crippen molar-refractivity contribution < 1.29 is 14.6 Å². The van der Waals surface area contributed by atoms with Crippen molar-refractivity contribution in [1.29, 1.82) is 0 Å². The van der Waals surface area contributed by atoms with Crippen molar-refractivity contribution in [3.63, 3.8) is 0 Å². The van der Waals surface area contributed by atoms with Crippen molar-refractivity contribution in [1.82, 2.24) is 9.55 Å². The van der Waals surface area contributed by atoms with Crippen molar-refractivity contribution in [2.45, 2.75) is 19.9 Å². The zero-order valence-corrected chi connectivity index (χ0v) is 10.7. The zero-order valence-electron chi connectivity index (χ0n) is 10.7. The normalized spacial score (nSPS) is 10.4. The Morgan fingerprint density at radius 1 is 1.37 bits per heavy atom. The number of hydrogen-bond donors (Lipinski definition) is 1. The van der Waals surface area contributed by atoms with Gasteiger partial charge in [0.15, 0.2) is 0 Å². The Bertz CT molecular complexity index is 549. The fourth-order valence-corrected chi connectivity index (χ4v) is 1.91. The minimum Gasteiger partial charge on any atom is -0.493 e. The van der Waals surface area contributed by atoms with Crippen LogP contribution in [0.1, 0.15) is 23.2 Å². The van der Waals surface area contributed by atoms with Gasteiger partial charge in [-0.25, -0.2) is 9.78 Å². The van der Waals surface area contributed by atoms with Crippen molar-refractivity contribution in [2.24, 2.45) is 0 Å². The van der Waals surface area contributed by atoms with Gasteiger partial charge in [-0.1, -0.05) is 18.2 Å². The SMILES string of the molecule is CCn1c(C(=O)O)cnc1CCOc1ccccc1. The quantitative estimate of drug-likeness (QED) is 0.865. The number of imidazole rings is 1. The summed E-state index contributed by atoms with van der Waals surface area (Å²) in [7, 11) is 0. The van der Waals surface area contributed by atoms with Gasteiger partial charge in [0.2, 0.25) is 0 Å². The van der Waals surface area contributed by atoms with Crippen LogP contribution < -0.4 is 4.74 Å². The second kappa shape index (κ2) is 6.04. The molecule has 19 heavy (non-hydrogen) atoms. The van der Waals surface area contributed by atoms with Gasteiger partial charge in [-0.05, 0) is 19.1 Å². The second-order valence-corrected chi connectivity index (χ2v) is 4.02. The third-order valence-corrected chi connectivity index (χ3v) is 2.81. The summed E-state index contributed by atoms with van der Waals surface area (Å²) in [6, 6.07) is 9.51. The maximum Gasteiger partial charge on any atom is 0.354 e. The molecule has 0 saturated heterocycles. The lowest BCUT2D eigenvalue weighted by Crippen LogP contribution is -2.12. The predicted octanol–water partition coefficient (Wildman–Crippen LogP) is 2.22. The molecule has 1 aromatic heterocycles. The molecule has 0 amide bonds. The first kappa shape index (κ1) is 13.1. The van der Waals surface area contributed by atoms with Gasteiger partial charge >= 0.3 is 5.97 Å². The minimum absolute atomic E-state index is 0.220. The molecule has 0 aliphatic heterocycles. The molecule has 0 saturated carbocycles. The molecule has 100 valence electrons. The smallest absolute Gasteiger partial charge is 0.354 e. The number of hydrogen-bond acceptors (Lipinski definition) is 3. The number of carboxylic acid groups (broad SMARTS) is 1. The van der Waals surface area contributed by atoms with E-state index in [1.54, 1.807) is 4.57 Å². The molecule has 1 heterocycles. The van der Waals surface area contributed by atoms with E-state index in [1.165, 1.54) is 6.20 Å². The van der Waals surface area contributed by atoms with Crippen LogP contribution in [-0.4, -0.2) is 27.2 Å². The number of ether oxygens (including phenoxy) is 1. The van der Waals surface area contributed by atoms with E-state index >= 15 is 0 Å². The molecule has 1 aromatic carbocycles. The maximum atomic E-state index is 11.0. The van der Waals surface area contributed by atoms with E-state index in [1.807, 2.05) is 37.3 Å². The Balaban J connectivity index is 1.98. The van der Waals surface area contributed by atoms with Crippen LogP contribution in [0.25, 0.3) is 0 Å². The van der Waals surface area contributed by atoms with E-state index in [4.69, 9.17) is 9.84 Å². The highest BCUT2D eigenvalue weighted by molar-refractivity contribution is 5.85. The highest BCUT2D eigenvalue weighted by atomic mass is 16.5. The molecule has 2 aromatic rings. The minimum atomic E-state index is -0.954. The van der Waals surface area contributed by atoms with Gasteiger partial charge < -0.3 is 14.4 Å². The van der Waals surface area contributed by atoms with Gasteiger partial charge in [0, 0.05) is 13.0 Å². The lowest BCUT2D eigenvalue weighted by molar-refractivity contribution is 0.0684. The molecule has 1 N–H and O–H groups in total. The molecule has 5 nitrogen and oxygen atoms in total. The fraction of sp³-hybridized carbons (Fsp3) is 0.286. The highest BCUT2D eigenvalue weighted by Crippen LogP contribution is 2.10. The van der Waals surface area contributed by atoms with E-state index in [-0.39, 0.29) is 5.69 Å². The fourth-order valence-electron chi connectivity index (χ4n) is 1.91. The molecule has 0 spiro atoms. The lowest BCUT2D eigenvalue weighted by atomic mass is 10.3. The highest BCUT2D eigenvalue weighted by Gasteiger charge is 2.13. The van der Waals surface area contributed by atoms with Gasteiger partial charge in [-0.2, -0.15) is 0 Å². The topological polar surface area (TPSA) is 64.4 Å². The molecule has 0 fully saturated rings. The van der Waals surface area contributed by atoms with Crippen molar-refractivity contribution in [2.75, 3.05) is 6.61 Å². The first-order chi connectivity index (χ1) is 9.22. The number of carbonyl (C=O) groups is 1. The lowest BCUT2D eigenvalue weighted by Gasteiger charge is -2.08. The number of nitrogens with zero attached hydrogens (tertiary/aromatic N) is 2. The number of carboxylic acids is 1. The predicted molar refractivity (Wildman–Crippen MR) is 70.5 cm³/mol. The molecular formula is C14H16N2O3. The van der Waals surface area contributed by atoms with Crippen LogP contribution in [0.3, 0.4) is 0 Å². The summed E-state index contributed by atoms with van der Waals surface area (Å²) < 4.78 is 7.27. The second-order valence-electron chi connectivity index (χ2n) is 4.02. The van der Waals surface area contributed by atoms with Gasteiger partial charge in [0.1, 0.15) is 17.3 Å². The third kappa shape index (κ3) is 3.13. The number of benzene rings is 1. The van der Waals surface area contributed by atoms with E-state index in [2.05, 4.69) is 4.98 Å². The number of rotatable bonds is 6. The largest absolute Gasteiger partial charge is 0.493 e. The van der Waals surface area contributed by atoms with E-state index < -0.39 is 5.97 Å². The third-order valence-electron chi connectivity index (χ3n) is 2.81. The molecule has 2 rings (SSSR count). The average molecular weight is 260 g/mol. The van der Waals surface area contributed by atoms with Crippen LogP contribution in [0.4, 0.5) is 0 Å². The molecular weight excluding hydrogens is 244 g/mol. The number of aromatic nitrogens is 2. The zero-order chi connectivity index (χ0) is 13.7. The monoisotopic (exact) mass is 260 g/mol. The standard InChI is InChI=1S/C14H16N2O3/c1-2-16-12(14(17)18)10-15-13(16)8-9-19-11-6-4-3-5-7-11/h3-7,10H,2,8-9H2,1H3,(H,17,18). The van der Waals surface area contributed by atoms with Crippen LogP contribution >= 0.6 is 0 Å². The summed E-state index contributed by atoms with van der Waals surface area (Å²) in [5.74, 6) is 0.580. The van der Waals surface area contributed by atoms with E-state index in [0.717, 1.165) is 11.6 Å². The number of aromatic carboxylic acids is 1. The van der Waals surface area contributed by atoms with Crippen molar-refractivity contribution in [3.05, 3.63) is 48.0 Å². The summed E-state index contributed by atoms with van der Waals surface area (Å²) in [5.41, 5.74) is 0.220. The Morgan fingerprint density at radius 3 is 2.74 bits per heavy atom. The Hall–Kier alpha value is -2.30. The van der Waals surface area contributed by atoms with Gasteiger partial charge in [-0.3, -0.25) is 0 Å². The van der Waals surface area contributed by atoms with Crippen LogP contribution in [0, 0.1) is 0 Å². The first-order valence-corrected chi connectivity index (χ1v) is 6.18. The first-order valence-electron chi connectivity index (χ1n) is 6.18. The molecule has 0 aliphatic carbocycles. The van der Waals surface area contributed by atoms with Crippen molar-refractivity contribution >= 4 is 5.97 Å². The summed E-state index contributed by atoms with van der Waals surface area (Å²) in [6.07, 6.45) is 1.97. The van der Waals surface area contributed by atoms with Crippen LogP contribution in [0.5, 0.6) is 5.75 Å². The Kier molecular flexibility index (Phi) is 4.18. The summed E-state index contributed by atoms with van der Waals surface area (Å²) >= 11 is 0. The van der Waals surface area contributed by atoms with Crippen LogP contribution in [0.15, 0.2) is 36.5 Å². The van der Waals surface area contributed by atoms with Crippen molar-refractivity contribution in [3.8, 4) is 5.75 Å². The summed E-state index contributed by atoms with van der Waals surface area (Å²) in [4.78, 5) is 15.1. The maximum absolute atomic E-state index is 11.0. The van der Waals surface area contributed by atoms with Crippen LogP contribution in [-0.2, 0) is 13.0 Å². The molecule has 0 unspecified atom stereocenters. The molecule has 0 aliphatic rings. The van der Waals surface area contributed by atoms with Gasteiger partial charge in [0.05, 0.1) is 12.8 Å². The van der Waals surface area contributed by atoms with Gasteiger partial charge in [0.25, 0.3) is 0 Å². The molecule has 0 atom stereocenters. The average Bonchev–Trinajstić information content (AvgIpc) is 2.83. The van der Waals surface area contributed by atoms with Crippen LogP contribution in [0.2, 0.25) is 0 Å².